The van der Waals surface area contributed by atoms with Crippen LogP contribution in [0, 0.1) is 0 Å². The Bertz CT molecular complexity index is 893. The van der Waals surface area contributed by atoms with Crippen LogP contribution in [0.1, 0.15) is 0 Å². The van der Waals surface area contributed by atoms with E-state index in [-0.39, 0.29) is 12.5 Å². The number of hydrogen-bond donors (Lipinski definition) is 0. The van der Waals surface area contributed by atoms with Crippen molar-refractivity contribution < 1.29 is 9.21 Å². The monoisotopic (exact) mass is 308 g/mol. The number of nitrogens with zero attached hydrogens (tertiary/aromatic N) is 2. The normalized spacial score (nSPS) is 10.6. The van der Waals surface area contributed by atoms with Gasteiger partial charge in [-0.1, -0.05) is 36.4 Å². The van der Waals surface area contributed by atoms with Gasteiger partial charge in [-0.15, -0.1) is 6.58 Å². The van der Waals surface area contributed by atoms with Crippen molar-refractivity contribution in [1.82, 2.24) is 4.57 Å². The Morgan fingerprint density at radius 3 is 2.57 bits per heavy atom. The molecule has 2 aromatic carbocycles. The Morgan fingerprint density at radius 2 is 1.83 bits per heavy atom. The number of benzene rings is 2. The number of carbonyl (C=O) groups excluding carboxylic acids is 1. The van der Waals surface area contributed by atoms with Crippen LogP contribution >= 0.6 is 0 Å². The lowest BCUT2D eigenvalue weighted by Gasteiger charge is -2.21. The largest absolute Gasteiger partial charge is 0.420 e. The van der Waals surface area contributed by atoms with Gasteiger partial charge < -0.3 is 9.32 Å². The minimum absolute atomic E-state index is 0.0847. The van der Waals surface area contributed by atoms with Gasteiger partial charge in [0.2, 0.25) is 5.91 Å². The number of aromatic nitrogens is 1. The third-order valence-corrected chi connectivity index (χ3v) is 3.55. The Morgan fingerprint density at radius 1 is 1.13 bits per heavy atom. The highest BCUT2D eigenvalue weighted by atomic mass is 16.4. The molecule has 0 unspecified atom stereocenters. The number of oxazole rings is 1. The van der Waals surface area contributed by atoms with Crippen molar-refractivity contribution in [3.63, 3.8) is 0 Å². The molecular formula is C18H16N2O3. The van der Waals surface area contributed by atoms with E-state index in [0.29, 0.717) is 17.6 Å². The molecule has 1 amide bonds. The zero-order valence-corrected chi connectivity index (χ0v) is 12.5. The van der Waals surface area contributed by atoms with Crippen molar-refractivity contribution in [2.45, 2.75) is 6.54 Å². The summed E-state index contributed by atoms with van der Waals surface area (Å²) in [6, 6.07) is 16.3. The van der Waals surface area contributed by atoms with Crippen molar-refractivity contribution in [3.8, 4) is 0 Å². The van der Waals surface area contributed by atoms with E-state index in [1.165, 1.54) is 4.57 Å². The molecule has 3 rings (SSSR count). The molecule has 23 heavy (non-hydrogen) atoms. The molecule has 3 aromatic rings. The molecule has 0 atom stereocenters. The van der Waals surface area contributed by atoms with Gasteiger partial charge >= 0.3 is 5.76 Å². The molecule has 1 heterocycles. The summed E-state index contributed by atoms with van der Waals surface area (Å²) in [6.45, 7) is 3.98. The average Bonchev–Trinajstić information content (AvgIpc) is 2.89. The van der Waals surface area contributed by atoms with E-state index in [1.54, 1.807) is 35.2 Å². The lowest BCUT2D eigenvalue weighted by molar-refractivity contribution is -0.119. The van der Waals surface area contributed by atoms with Crippen LogP contribution in [0.5, 0.6) is 0 Å². The summed E-state index contributed by atoms with van der Waals surface area (Å²) in [4.78, 5) is 26.3. The molecule has 0 radical (unpaired) electrons. The van der Waals surface area contributed by atoms with Gasteiger partial charge in [-0.05, 0) is 24.3 Å². The standard InChI is InChI=1S/C18H16N2O3/c1-2-12-19(14-8-4-3-5-9-14)17(21)13-20-15-10-6-7-11-16(15)23-18(20)22/h2-11H,1,12-13H2. The molecule has 116 valence electrons. The second kappa shape index (κ2) is 6.36. The number of amides is 1. The maximum Gasteiger partial charge on any atom is 0.420 e. The average molecular weight is 308 g/mol. The first-order chi connectivity index (χ1) is 11.2. The summed E-state index contributed by atoms with van der Waals surface area (Å²) in [7, 11) is 0. The van der Waals surface area contributed by atoms with Gasteiger partial charge in [-0.2, -0.15) is 0 Å². The molecule has 0 bridgehead atoms. The van der Waals surface area contributed by atoms with E-state index in [0.717, 1.165) is 5.69 Å². The fourth-order valence-electron chi connectivity index (χ4n) is 2.47. The van der Waals surface area contributed by atoms with Crippen LogP contribution in [-0.4, -0.2) is 17.0 Å². The zero-order chi connectivity index (χ0) is 16.2. The molecule has 0 saturated carbocycles. The lowest BCUT2D eigenvalue weighted by atomic mass is 10.2. The summed E-state index contributed by atoms with van der Waals surface area (Å²) in [5.41, 5.74) is 1.84. The second-order valence-electron chi connectivity index (χ2n) is 5.05. The van der Waals surface area contributed by atoms with Crippen molar-refractivity contribution in [2.24, 2.45) is 0 Å². The highest BCUT2D eigenvalue weighted by molar-refractivity contribution is 5.94. The molecule has 5 heteroatoms. The van der Waals surface area contributed by atoms with Crippen LogP contribution in [0.4, 0.5) is 5.69 Å². The molecule has 5 nitrogen and oxygen atoms in total. The summed E-state index contributed by atoms with van der Waals surface area (Å²) < 4.78 is 6.51. The van der Waals surface area contributed by atoms with Crippen molar-refractivity contribution in [1.29, 1.82) is 0 Å². The van der Waals surface area contributed by atoms with E-state index in [1.807, 2.05) is 30.3 Å². The quantitative estimate of drug-likeness (QED) is 0.681. The van der Waals surface area contributed by atoms with Gasteiger partial charge in [-0.25, -0.2) is 4.79 Å². The maximum atomic E-state index is 12.7. The van der Waals surface area contributed by atoms with Gasteiger partial charge in [0, 0.05) is 12.2 Å². The molecule has 0 aliphatic carbocycles. The third-order valence-electron chi connectivity index (χ3n) is 3.55. The number of fused-ring (bicyclic) bond motifs is 1. The summed E-state index contributed by atoms with van der Waals surface area (Å²) in [5, 5.41) is 0. The van der Waals surface area contributed by atoms with Crippen molar-refractivity contribution in [2.75, 3.05) is 11.4 Å². The van der Waals surface area contributed by atoms with E-state index < -0.39 is 5.76 Å². The van der Waals surface area contributed by atoms with Gasteiger partial charge in [-0.3, -0.25) is 9.36 Å². The van der Waals surface area contributed by atoms with Crippen molar-refractivity contribution >= 4 is 22.7 Å². The molecule has 0 spiro atoms. The second-order valence-corrected chi connectivity index (χ2v) is 5.05. The Labute approximate surface area is 133 Å². The number of rotatable bonds is 5. The van der Waals surface area contributed by atoms with Crippen LogP contribution in [-0.2, 0) is 11.3 Å². The predicted molar refractivity (Wildman–Crippen MR) is 89.5 cm³/mol. The SMILES string of the molecule is C=CCN(C(=O)Cn1c(=O)oc2ccccc21)c1ccccc1. The van der Waals surface area contributed by atoms with E-state index in [2.05, 4.69) is 6.58 Å². The molecule has 0 aliphatic heterocycles. The molecule has 0 aliphatic rings. The van der Waals surface area contributed by atoms with Gasteiger partial charge in [0.15, 0.2) is 5.58 Å². The first kappa shape index (κ1) is 14.8. The first-order valence-electron chi connectivity index (χ1n) is 7.25. The number of hydrogen-bond acceptors (Lipinski definition) is 3. The fourth-order valence-corrected chi connectivity index (χ4v) is 2.47. The van der Waals surface area contributed by atoms with E-state index in [9.17, 15) is 9.59 Å². The van der Waals surface area contributed by atoms with Crippen LogP contribution < -0.4 is 10.7 Å². The number of carbonyl (C=O) groups is 1. The number of anilines is 1. The Kier molecular flexibility index (Phi) is 4.10. The smallest absolute Gasteiger partial charge is 0.408 e. The van der Waals surface area contributed by atoms with E-state index >= 15 is 0 Å². The van der Waals surface area contributed by atoms with E-state index in [4.69, 9.17) is 4.42 Å². The third kappa shape index (κ3) is 2.94. The topological polar surface area (TPSA) is 55.5 Å². The summed E-state index contributed by atoms with van der Waals surface area (Å²) in [5.74, 6) is -0.740. The highest BCUT2D eigenvalue weighted by Gasteiger charge is 2.18. The first-order valence-corrected chi connectivity index (χ1v) is 7.25. The fraction of sp³-hybridized carbons (Fsp3) is 0.111. The molecule has 0 fully saturated rings. The van der Waals surface area contributed by atoms with Crippen molar-refractivity contribution in [3.05, 3.63) is 77.8 Å². The lowest BCUT2D eigenvalue weighted by Crippen LogP contribution is -2.35. The van der Waals surface area contributed by atoms with Crippen LogP contribution in [0.3, 0.4) is 0 Å². The van der Waals surface area contributed by atoms with Gasteiger partial charge in [0.1, 0.15) is 6.54 Å². The van der Waals surface area contributed by atoms with Gasteiger partial charge in [0.05, 0.1) is 5.52 Å². The Balaban J connectivity index is 1.94. The van der Waals surface area contributed by atoms with Gasteiger partial charge in [0.25, 0.3) is 0 Å². The summed E-state index contributed by atoms with van der Waals surface area (Å²) in [6.07, 6.45) is 1.65. The zero-order valence-electron chi connectivity index (χ0n) is 12.5. The Hall–Kier alpha value is -3.08. The summed E-state index contributed by atoms with van der Waals surface area (Å²) >= 11 is 0. The van der Waals surface area contributed by atoms with Crippen LogP contribution in [0.15, 0.2) is 76.5 Å². The molecule has 0 saturated heterocycles. The molecular weight excluding hydrogens is 292 g/mol. The predicted octanol–water partition coefficient (Wildman–Crippen LogP) is 2.81. The maximum absolute atomic E-state index is 12.7. The van der Waals surface area contributed by atoms with Crippen LogP contribution in [0.2, 0.25) is 0 Å². The minimum atomic E-state index is -0.536. The molecule has 1 aromatic heterocycles. The highest BCUT2D eigenvalue weighted by Crippen LogP contribution is 2.16. The molecule has 0 N–H and O–H groups in total. The van der Waals surface area contributed by atoms with Crippen LogP contribution in [0.25, 0.3) is 11.1 Å². The number of para-hydroxylation sites is 3. The minimum Gasteiger partial charge on any atom is -0.408 e.